The minimum absolute atomic E-state index is 0.103. The number of anilines is 1. The van der Waals surface area contributed by atoms with E-state index < -0.39 is 12.1 Å². The van der Waals surface area contributed by atoms with Crippen molar-refractivity contribution < 1.29 is 14.4 Å². The van der Waals surface area contributed by atoms with Crippen LogP contribution in [0.25, 0.3) is 0 Å². The van der Waals surface area contributed by atoms with Gasteiger partial charge in [0, 0.05) is 16.8 Å². The van der Waals surface area contributed by atoms with Crippen molar-refractivity contribution in [1.82, 2.24) is 15.2 Å². The average Bonchev–Trinajstić information content (AvgIpc) is 3.12. The molecule has 7 nitrogen and oxygen atoms in total. The van der Waals surface area contributed by atoms with Crippen molar-refractivity contribution in [3.63, 3.8) is 0 Å². The zero-order chi connectivity index (χ0) is 18.7. The number of amides is 4. The van der Waals surface area contributed by atoms with Gasteiger partial charge in [0.05, 0.1) is 12.2 Å². The maximum Gasteiger partial charge on any atom is 0.325 e. The lowest BCUT2D eigenvalue weighted by molar-refractivity contribution is -0.128. The van der Waals surface area contributed by atoms with Crippen molar-refractivity contribution in [3.05, 3.63) is 45.9 Å². The summed E-state index contributed by atoms with van der Waals surface area (Å²) in [6.07, 6.45) is 0.328. The topological polar surface area (TPSA) is 91.4 Å². The molecular weight excluding hydrogens is 376 g/mol. The monoisotopic (exact) mass is 392 g/mol. The van der Waals surface area contributed by atoms with Gasteiger partial charge in [0.15, 0.2) is 5.13 Å². The second-order valence-corrected chi connectivity index (χ2v) is 7.16. The molecule has 1 fully saturated rings. The SMILES string of the molecule is Cc1csc(NC(=O)CC[C@H]2NC(=O)N(Cc3ccccc3Cl)C2=O)n1. The molecule has 0 saturated carbocycles. The third-order valence-electron chi connectivity index (χ3n) is 3.92. The number of urea groups is 1. The molecule has 1 aromatic heterocycles. The summed E-state index contributed by atoms with van der Waals surface area (Å²) >= 11 is 7.43. The molecule has 0 radical (unpaired) electrons. The zero-order valence-corrected chi connectivity index (χ0v) is 15.6. The fraction of sp³-hybridized carbons (Fsp3) is 0.294. The Morgan fingerprint density at radius 3 is 2.85 bits per heavy atom. The predicted molar refractivity (Wildman–Crippen MR) is 99.0 cm³/mol. The van der Waals surface area contributed by atoms with Crippen LogP contribution in [0.4, 0.5) is 9.93 Å². The van der Waals surface area contributed by atoms with E-state index in [1.807, 2.05) is 12.3 Å². The molecule has 1 aliphatic rings. The molecule has 3 rings (SSSR count). The van der Waals surface area contributed by atoms with Gasteiger partial charge in [-0.3, -0.25) is 14.5 Å². The van der Waals surface area contributed by atoms with Gasteiger partial charge in [-0.25, -0.2) is 9.78 Å². The van der Waals surface area contributed by atoms with Gasteiger partial charge < -0.3 is 10.6 Å². The quantitative estimate of drug-likeness (QED) is 0.739. The van der Waals surface area contributed by atoms with E-state index in [2.05, 4.69) is 15.6 Å². The van der Waals surface area contributed by atoms with Gasteiger partial charge in [0.2, 0.25) is 5.91 Å². The number of nitrogens with one attached hydrogen (secondary N) is 2. The molecule has 0 unspecified atom stereocenters. The van der Waals surface area contributed by atoms with Crippen LogP contribution in [0, 0.1) is 6.92 Å². The van der Waals surface area contributed by atoms with E-state index in [4.69, 9.17) is 11.6 Å². The van der Waals surface area contributed by atoms with Crippen molar-refractivity contribution in [1.29, 1.82) is 0 Å². The fourth-order valence-electron chi connectivity index (χ4n) is 2.59. The van der Waals surface area contributed by atoms with E-state index in [-0.39, 0.29) is 31.2 Å². The molecule has 2 heterocycles. The Morgan fingerprint density at radius 1 is 1.38 bits per heavy atom. The summed E-state index contributed by atoms with van der Waals surface area (Å²) in [5.41, 5.74) is 1.52. The molecule has 26 heavy (non-hydrogen) atoms. The fourth-order valence-corrected chi connectivity index (χ4v) is 3.49. The molecule has 136 valence electrons. The number of rotatable bonds is 6. The molecule has 2 aromatic rings. The normalized spacial score (nSPS) is 16.7. The zero-order valence-electron chi connectivity index (χ0n) is 14.0. The molecule has 4 amide bonds. The van der Waals surface area contributed by atoms with Gasteiger partial charge in [-0.15, -0.1) is 11.3 Å². The Morgan fingerprint density at radius 2 is 2.15 bits per heavy atom. The Hall–Kier alpha value is -2.45. The first-order valence-corrected chi connectivity index (χ1v) is 9.27. The number of benzene rings is 1. The summed E-state index contributed by atoms with van der Waals surface area (Å²) in [6, 6.07) is 5.85. The van der Waals surface area contributed by atoms with Crippen LogP contribution in [0.2, 0.25) is 5.02 Å². The smallest absolute Gasteiger partial charge is 0.325 e. The predicted octanol–water partition coefficient (Wildman–Crippen LogP) is 2.94. The highest BCUT2D eigenvalue weighted by atomic mass is 35.5. The van der Waals surface area contributed by atoms with E-state index >= 15 is 0 Å². The number of imide groups is 1. The van der Waals surface area contributed by atoms with Gasteiger partial charge >= 0.3 is 6.03 Å². The molecule has 2 N–H and O–H groups in total. The number of carbonyl (C=O) groups excluding carboxylic acids is 3. The lowest BCUT2D eigenvalue weighted by Gasteiger charge is -2.14. The minimum Gasteiger partial charge on any atom is -0.326 e. The highest BCUT2D eigenvalue weighted by molar-refractivity contribution is 7.13. The van der Waals surface area contributed by atoms with E-state index in [1.54, 1.807) is 24.3 Å². The Balaban J connectivity index is 1.55. The third-order valence-corrected chi connectivity index (χ3v) is 5.16. The molecule has 0 bridgehead atoms. The minimum atomic E-state index is -0.714. The molecule has 1 aliphatic heterocycles. The van der Waals surface area contributed by atoms with E-state index in [0.717, 1.165) is 10.6 Å². The molecule has 0 aliphatic carbocycles. The molecular formula is C17H17ClN4O3S. The standard InChI is InChI=1S/C17H17ClN4O3S/c1-10-9-26-16(19-10)21-14(23)7-6-13-15(24)22(17(25)20-13)8-11-4-2-3-5-12(11)18/h2-5,9,13H,6-8H2,1H3,(H,20,25)(H,19,21,23)/t13-/m1/s1. The first-order chi connectivity index (χ1) is 12.4. The van der Waals surface area contributed by atoms with E-state index in [0.29, 0.717) is 15.7 Å². The highest BCUT2D eigenvalue weighted by Gasteiger charge is 2.38. The van der Waals surface area contributed by atoms with Crippen LogP contribution in [0.3, 0.4) is 0 Å². The summed E-state index contributed by atoms with van der Waals surface area (Å²) < 4.78 is 0. The summed E-state index contributed by atoms with van der Waals surface area (Å²) in [4.78, 5) is 41.8. The van der Waals surface area contributed by atoms with E-state index in [9.17, 15) is 14.4 Å². The summed E-state index contributed by atoms with van der Waals surface area (Å²) in [5.74, 6) is -0.598. The molecule has 1 saturated heterocycles. The van der Waals surface area contributed by atoms with Crippen LogP contribution in [0.5, 0.6) is 0 Å². The number of nitrogens with zero attached hydrogens (tertiary/aromatic N) is 2. The van der Waals surface area contributed by atoms with Crippen LogP contribution in [0.1, 0.15) is 24.1 Å². The number of aromatic nitrogens is 1. The maximum atomic E-state index is 12.5. The van der Waals surface area contributed by atoms with Crippen LogP contribution in [-0.4, -0.2) is 33.8 Å². The number of aryl methyl sites for hydroxylation is 1. The first kappa shape index (κ1) is 18.3. The number of thiazole rings is 1. The van der Waals surface area contributed by atoms with Gasteiger partial charge in [-0.1, -0.05) is 29.8 Å². The van der Waals surface area contributed by atoms with E-state index in [1.165, 1.54) is 11.3 Å². The number of carbonyl (C=O) groups is 3. The molecule has 1 atom stereocenters. The Bertz CT molecular complexity index is 854. The molecule has 9 heteroatoms. The Labute approximate surface area is 159 Å². The maximum absolute atomic E-state index is 12.5. The van der Waals surface area contributed by atoms with Gasteiger partial charge in [-0.2, -0.15) is 0 Å². The Kier molecular flexibility index (Phi) is 5.53. The lowest BCUT2D eigenvalue weighted by atomic mass is 10.1. The second-order valence-electron chi connectivity index (χ2n) is 5.90. The van der Waals surface area contributed by atoms with Crippen LogP contribution >= 0.6 is 22.9 Å². The van der Waals surface area contributed by atoms with Crippen LogP contribution in [-0.2, 0) is 16.1 Å². The third kappa shape index (κ3) is 4.20. The second kappa shape index (κ2) is 7.84. The molecule has 1 aromatic carbocycles. The van der Waals surface area contributed by atoms with Crippen molar-refractivity contribution in [2.45, 2.75) is 32.4 Å². The van der Waals surface area contributed by atoms with Crippen LogP contribution < -0.4 is 10.6 Å². The summed E-state index contributed by atoms with van der Waals surface area (Å²) in [5, 5.41) is 8.16. The van der Waals surface area contributed by atoms with Crippen molar-refractivity contribution in [2.24, 2.45) is 0 Å². The van der Waals surface area contributed by atoms with Gasteiger partial charge in [0.25, 0.3) is 5.91 Å². The number of hydrogen-bond acceptors (Lipinski definition) is 5. The highest BCUT2D eigenvalue weighted by Crippen LogP contribution is 2.21. The molecule has 0 spiro atoms. The average molecular weight is 393 g/mol. The van der Waals surface area contributed by atoms with Gasteiger partial charge in [-0.05, 0) is 25.0 Å². The summed E-state index contributed by atoms with van der Waals surface area (Å²) in [6.45, 7) is 1.94. The van der Waals surface area contributed by atoms with Crippen molar-refractivity contribution >= 4 is 45.9 Å². The number of halogens is 1. The lowest BCUT2D eigenvalue weighted by Crippen LogP contribution is -2.31. The van der Waals surface area contributed by atoms with Gasteiger partial charge in [0.1, 0.15) is 6.04 Å². The first-order valence-electron chi connectivity index (χ1n) is 8.01. The number of hydrogen-bond donors (Lipinski definition) is 2. The van der Waals surface area contributed by atoms with Crippen molar-refractivity contribution in [3.8, 4) is 0 Å². The largest absolute Gasteiger partial charge is 0.326 e. The summed E-state index contributed by atoms with van der Waals surface area (Å²) in [7, 11) is 0. The van der Waals surface area contributed by atoms with Crippen molar-refractivity contribution in [2.75, 3.05) is 5.32 Å². The van der Waals surface area contributed by atoms with Crippen LogP contribution in [0.15, 0.2) is 29.6 Å².